The quantitative estimate of drug-likeness (QED) is 0.580. The number of rotatable bonds is 5. The van der Waals surface area contributed by atoms with Crippen molar-refractivity contribution in [3.8, 4) is 5.75 Å². The van der Waals surface area contributed by atoms with Crippen molar-refractivity contribution in [2.45, 2.75) is 26.4 Å². The van der Waals surface area contributed by atoms with Gasteiger partial charge in [0, 0.05) is 17.5 Å². The molecule has 2 nitrogen and oxygen atoms in total. The first-order valence-electron chi connectivity index (χ1n) is 6.29. The highest BCUT2D eigenvalue weighted by Crippen LogP contribution is 2.27. The molecule has 0 aliphatic rings. The molecule has 1 aromatic carbocycles. The summed E-state index contributed by atoms with van der Waals surface area (Å²) in [5.41, 5.74) is 2.26. The molecule has 0 amide bonds. The van der Waals surface area contributed by atoms with E-state index in [2.05, 4.69) is 36.5 Å². The Hall–Kier alpha value is -1.39. The maximum atomic E-state index is 5.85. The molecule has 0 saturated carbocycles. The van der Waals surface area contributed by atoms with Crippen molar-refractivity contribution in [3.05, 3.63) is 46.2 Å². The molecular weight excluding hydrogens is 270 g/mol. The van der Waals surface area contributed by atoms with Gasteiger partial charge in [-0.2, -0.15) is 0 Å². The molecule has 1 aromatic heterocycles. The van der Waals surface area contributed by atoms with Gasteiger partial charge in [0.05, 0.1) is 0 Å². The Labute approximate surface area is 120 Å². The van der Waals surface area contributed by atoms with Gasteiger partial charge >= 0.3 is 0 Å². The van der Waals surface area contributed by atoms with Crippen molar-refractivity contribution in [1.29, 1.82) is 0 Å². The predicted molar refractivity (Wildman–Crippen MR) is 85.5 cm³/mol. The van der Waals surface area contributed by atoms with Crippen LogP contribution in [0.3, 0.4) is 0 Å². The van der Waals surface area contributed by atoms with Gasteiger partial charge < -0.3 is 4.43 Å². The van der Waals surface area contributed by atoms with Crippen LogP contribution in [0.5, 0.6) is 5.75 Å². The highest BCUT2D eigenvalue weighted by molar-refractivity contribution is 7.10. The van der Waals surface area contributed by atoms with Gasteiger partial charge in [-0.15, -0.1) is 11.3 Å². The summed E-state index contributed by atoms with van der Waals surface area (Å²) in [6.07, 6.45) is 2.85. The fourth-order valence-corrected chi connectivity index (χ4v) is 3.18. The Balaban J connectivity index is 2.08. The van der Waals surface area contributed by atoms with E-state index < -0.39 is 9.04 Å². The van der Waals surface area contributed by atoms with Crippen LogP contribution < -0.4 is 4.43 Å². The first kappa shape index (κ1) is 14.0. The number of thiophene rings is 1. The van der Waals surface area contributed by atoms with Crippen LogP contribution in [0.25, 0.3) is 0 Å². The number of para-hydroxylation sites is 2. The Morgan fingerprint density at radius 2 is 2.05 bits per heavy atom. The third-order valence-corrected chi connectivity index (χ3v) is 4.33. The molecule has 0 unspecified atom stereocenters. The summed E-state index contributed by atoms with van der Waals surface area (Å²) in [7, 11) is -0.755. The average molecular weight is 288 g/mol. The van der Waals surface area contributed by atoms with Crippen molar-refractivity contribution in [1.82, 2.24) is 0 Å². The summed E-state index contributed by atoms with van der Waals surface area (Å²) in [5.74, 6) is 0.889. The van der Waals surface area contributed by atoms with Crippen molar-refractivity contribution >= 4 is 32.3 Å². The summed E-state index contributed by atoms with van der Waals surface area (Å²) in [4.78, 5) is 5.92. The third-order valence-electron chi connectivity index (χ3n) is 2.65. The molecule has 4 heteroatoms. The highest BCUT2D eigenvalue weighted by atomic mass is 32.1. The van der Waals surface area contributed by atoms with Crippen LogP contribution in [0.2, 0.25) is 13.1 Å². The molecule has 99 valence electrons. The zero-order valence-electron chi connectivity index (χ0n) is 11.5. The second kappa shape index (κ2) is 6.68. The van der Waals surface area contributed by atoms with E-state index in [0.29, 0.717) is 0 Å². The van der Waals surface area contributed by atoms with Crippen molar-refractivity contribution < 1.29 is 4.43 Å². The fourth-order valence-electron chi connectivity index (χ4n) is 1.71. The van der Waals surface area contributed by atoms with E-state index in [4.69, 9.17) is 4.43 Å². The van der Waals surface area contributed by atoms with E-state index in [1.54, 1.807) is 11.3 Å². The summed E-state index contributed by atoms with van der Waals surface area (Å²) in [5, 5.41) is 2.12. The minimum atomic E-state index is -0.755. The predicted octanol–water partition coefficient (Wildman–Crippen LogP) is 4.63. The van der Waals surface area contributed by atoms with Crippen LogP contribution in [0.1, 0.15) is 10.4 Å². The molecule has 0 atom stereocenters. The molecular formula is C15H18NOSSi. The molecule has 0 aliphatic carbocycles. The van der Waals surface area contributed by atoms with Gasteiger partial charge in [-0.1, -0.05) is 12.1 Å². The third kappa shape index (κ3) is 4.04. The minimum absolute atomic E-state index is 0.755. The van der Waals surface area contributed by atoms with Crippen LogP contribution in [-0.2, 0) is 6.42 Å². The second-order valence-corrected chi connectivity index (χ2v) is 7.54. The van der Waals surface area contributed by atoms with Gasteiger partial charge in [0.1, 0.15) is 11.4 Å². The van der Waals surface area contributed by atoms with Gasteiger partial charge in [0.15, 0.2) is 0 Å². The smallest absolute Gasteiger partial charge is 0.274 e. The van der Waals surface area contributed by atoms with Gasteiger partial charge in [0.25, 0.3) is 9.04 Å². The molecule has 2 aromatic rings. The lowest BCUT2D eigenvalue weighted by molar-refractivity contribution is 0.582. The number of hydrogen-bond donors (Lipinski definition) is 0. The first-order valence-corrected chi connectivity index (χ1v) is 9.58. The number of hydrogen-bond acceptors (Lipinski definition) is 3. The van der Waals surface area contributed by atoms with E-state index >= 15 is 0 Å². The lowest BCUT2D eigenvalue weighted by Crippen LogP contribution is -2.11. The zero-order valence-corrected chi connectivity index (χ0v) is 13.3. The summed E-state index contributed by atoms with van der Waals surface area (Å²) < 4.78 is 5.85. The SMILES string of the molecule is Cc1ccsc1CC=Nc1ccccc1O[Si](C)C. The Morgan fingerprint density at radius 1 is 1.26 bits per heavy atom. The van der Waals surface area contributed by atoms with Crippen molar-refractivity contribution in [2.75, 3.05) is 0 Å². The number of aliphatic imine (C=N–C) groups is 1. The summed E-state index contributed by atoms with van der Waals surface area (Å²) >= 11 is 1.78. The maximum Gasteiger partial charge on any atom is 0.274 e. The molecule has 0 saturated heterocycles. The molecule has 1 heterocycles. The maximum absolute atomic E-state index is 5.85. The highest BCUT2D eigenvalue weighted by Gasteiger charge is 2.04. The van der Waals surface area contributed by atoms with Crippen molar-refractivity contribution in [2.24, 2.45) is 4.99 Å². The second-order valence-electron chi connectivity index (χ2n) is 4.52. The first-order chi connectivity index (χ1) is 9.16. The van der Waals surface area contributed by atoms with Crippen LogP contribution in [0.15, 0.2) is 40.7 Å². The topological polar surface area (TPSA) is 21.6 Å². The van der Waals surface area contributed by atoms with Crippen molar-refractivity contribution in [3.63, 3.8) is 0 Å². The summed E-state index contributed by atoms with van der Waals surface area (Å²) in [6.45, 7) is 6.39. The molecule has 0 bridgehead atoms. The van der Waals surface area contributed by atoms with E-state index in [0.717, 1.165) is 17.9 Å². The summed E-state index contributed by atoms with van der Waals surface area (Å²) in [6, 6.07) is 10.1. The molecule has 0 fully saturated rings. The van der Waals surface area contributed by atoms with E-state index in [1.807, 2.05) is 30.5 Å². The van der Waals surface area contributed by atoms with Crippen LogP contribution >= 0.6 is 11.3 Å². The largest absolute Gasteiger partial charge is 0.541 e. The molecule has 0 N–H and O–H groups in total. The molecule has 0 spiro atoms. The molecule has 2 rings (SSSR count). The molecule has 0 aliphatic heterocycles. The standard InChI is InChI=1S/C15H18NOSSi/c1-12-9-11-18-15(12)8-10-16-13-6-4-5-7-14(13)17-19(2)3/h4-7,9-11H,8H2,1-3H3. The van der Waals surface area contributed by atoms with Gasteiger partial charge in [-0.25, -0.2) is 0 Å². The Bertz CT molecular complexity index is 563. The van der Waals surface area contributed by atoms with Gasteiger partial charge in [-0.3, -0.25) is 4.99 Å². The van der Waals surface area contributed by atoms with E-state index in [-0.39, 0.29) is 0 Å². The zero-order chi connectivity index (χ0) is 13.7. The number of aryl methyl sites for hydroxylation is 1. The van der Waals surface area contributed by atoms with Crippen LogP contribution in [0, 0.1) is 6.92 Å². The lowest BCUT2D eigenvalue weighted by Gasteiger charge is -2.10. The number of nitrogens with zero attached hydrogens (tertiary/aromatic N) is 1. The lowest BCUT2D eigenvalue weighted by atomic mass is 10.2. The normalized spacial score (nSPS) is 11.4. The number of benzene rings is 1. The molecule has 19 heavy (non-hydrogen) atoms. The fraction of sp³-hybridized carbons (Fsp3) is 0.267. The Morgan fingerprint density at radius 3 is 2.74 bits per heavy atom. The molecule has 1 radical (unpaired) electrons. The van der Waals surface area contributed by atoms with Crippen LogP contribution in [0.4, 0.5) is 5.69 Å². The monoisotopic (exact) mass is 288 g/mol. The Kier molecular flexibility index (Phi) is 4.93. The van der Waals surface area contributed by atoms with E-state index in [1.165, 1.54) is 10.4 Å². The average Bonchev–Trinajstić information content (AvgIpc) is 2.77. The van der Waals surface area contributed by atoms with Crippen LogP contribution in [-0.4, -0.2) is 15.3 Å². The minimum Gasteiger partial charge on any atom is -0.541 e. The van der Waals surface area contributed by atoms with Gasteiger partial charge in [0.2, 0.25) is 0 Å². The van der Waals surface area contributed by atoms with E-state index in [9.17, 15) is 0 Å². The van der Waals surface area contributed by atoms with Gasteiger partial charge in [-0.05, 0) is 49.2 Å².